The predicted octanol–water partition coefficient (Wildman–Crippen LogP) is 0.113. The molecule has 2 bridgehead atoms. The second kappa shape index (κ2) is 7.69. The smallest absolute Gasteiger partial charge is 0.245 e. The third-order valence-electron chi connectivity index (χ3n) is 7.55. The number of aliphatic hydroxyl groups excluding tert-OH is 1. The lowest BCUT2D eigenvalue weighted by Crippen LogP contribution is -2.56. The number of aromatic nitrogens is 3. The lowest BCUT2D eigenvalue weighted by molar-refractivity contribution is -0.143. The number of fused-ring (bicyclic) bond motifs is 2. The normalized spacial score (nSPS) is 33.4. The SMILES string of the molecule is CNC(=O)[C@@H]1[C@H]2C(=O)N([C@H](C)CO)C(C(=O)NCn3nnc4ccccc43)C23CC[C@@]1(C)S3. The van der Waals surface area contributed by atoms with Gasteiger partial charge in [0.25, 0.3) is 0 Å². The van der Waals surface area contributed by atoms with Crippen LogP contribution in [0.25, 0.3) is 11.0 Å². The van der Waals surface area contributed by atoms with E-state index in [0.29, 0.717) is 6.42 Å². The second-order valence-corrected chi connectivity index (χ2v) is 11.3. The van der Waals surface area contributed by atoms with Crippen LogP contribution < -0.4 is 10.6 Å². The Morgan fingerprint density at radius 3 is 2.79 bits per heavy atom. The maximum absolute atomic E-state index is 13.7. The van der Waals surface area contributed by atoms with Gasteiger partial charge in [-0.3, -0.25) is 14.4 Å². The molecular formula is C22H28N6O4S. The van der Waals surface area contributed by atoms with Crippen molar-refractivity contribution < 1.29 is 19.5 Å². The van der Waals surface area contributed by atoms with Gasteiger partial charge in [0.2, 0.25) is 17.7 Å². The number of carbonyl (C=O) groups is 3. The van der Waals surface area contributed by atoms with Crippen molar-refractivity contribution in [2.75, 3.05) is 13.7 Å². The Bertz CT molecular complexity index is 1140. The molecule has 3 aliphatic rings. The molecule has 2 aromatic rings. The zero-order chi connectivity index (χ0) is 23.5. The minimum atomic E-state index is -0.784. The first-order chi connectivity index (χ1) is 15.8. The molecule has 3 saturated heterocycles. The van der Waals surface area contributed by atoms with Gasteiger partial charge in [-0.1, -0.05) is 17.3 Å². The number of thioether (sulfide) groups is 1. The standard InChI is InChI=1S/C22H28N6O4S/c1-12(10-29)28-17(19(31)24-11-27-14-7-5-4-6-13(14)25-26-27)22-9-8-21(2,33-22)15(18(30)23-3)16(22)20(28)32/h4-7,12,15-17,29H,8-11H2,1-3H3,(H,23,30)(H,24,31)/t12-,15+,16+,17?,21-,22?/m1/s1. The molecule has 5 rings (SSSR count). The van der Waals surface area contributed by atoms with Gasteiger partial charge in [0.1, 0.15) is 18.2 Å². The zero-order valence-electron chi connectivity index (χ0n) is 18.8. The molecule has 33 heavy (non-hydrogen) atoms. The van der Waals surface area contributed by atoms with Gasteiger partial charge in [-0.25, -0.2) is 4.68 Å². The Morgan fingerprint density at radius 2 is 2.06 bits per heavy atom. The summed E-state index contributed by atoms with van der Waals surface area (Å²) in [6, 6.07) is 6.14. The summed E-state index contributed by atoms with van der Waals surface area (Å²) in [6.45, 7) is 3.59. The molecule has 1 aromatic carbocycles. The number of aliphatic hydroxyl groups is 1. The van der Waals surface area contributed by atoms with Crippen LogP contribution in [-0.4, -0.2) is 78.0 Å². The summed E-state index contributed by atoms with van der Waals surface area (Å²) in [7, 11) is 1.58. The summed E-state index contributed by atoms with van der Waals surface area (Å²) in [5, 5.41) is 23.8. The third kappa shape index (κ3) is 3.01. The molecule has 2 unspecified atom stereocenters. The Labute approximate surface area is 195 Å². The molecule has 0 saturated carbocycles. The summed E-state index contributed by atoms with van der Waals surface area (Å²) in [5.41, 5.74) is 1.52. The van der Waals surface area contributed by atoms with Gasteiger partial charge in [0, 0.05) is 11.8 Å². The van der Waals surface area contributed by atoms with E-state index >= 15 is 0 Å². The second-order valence-electron chi connectivity index (χ2n) is 9.40. The molecule has 3 aliphatic heterocycles. The van der Waals surface area contributed by atoms with E-state index in [4.69, 9.17) is 0 Å². The highest BCUT2D eigenvalue weighted by Gasteiger charge is 2.77. The summed E-state index contributed by atoms with van der Waals surface area (Å²) < 4.78 is 0.489. The molecule has 3 amide bonds. The quantitative estimate of drug-likeness (QED) is 0.544. The highest BCUT2D eigenvalue weighted by molar-refractivity contribution is 8.02. The molecular weight excluding hydrogens is 444 g/mol. The number of nitrogens with zero attached hydrogens (tertiary/aromatic N) is 4. The van der Waals surface area contributed by atoms with Crippen molar-refractivity contribution in [1.29, 1.82) is 0 Å². The van der Waals surface area contributed by atoms with Crippen molar-refractivity contribution in [2.24, 2.45) is 11.8 Å². The van der Waals surface area contributed by atoms with Crippen LogP contribution in [0.5, 0.6) is 0 Å². The average Bonchev–Trinajstić information content (AvgIpc) is 3.52. The molecule has 6 atom stereocenters. The van der Waals surface area contributed by atoms with Gasteiger partial charge in [-0.15, -0.1) is 16.9 Å². The number of nitrogens with one attached hydrogen (secondary N) is 2. The van der Waals surface area contributed by atoms with Crippen molar-refractivity contribution in [3.63, 3.8) is 0 Å². The number of para-hydroxylation sites is 1. The van der Waals surface area contributed by atoms with E-state index in [1.165, 1.54) is 4.90 Å². The Kier molecular flexibility index (Phi) is 5.16. The van der Waals surface area contributed by atoms with Crippen molar-refractivity contribution >= 4 is 40.5 Å². The first-order valence-corrected chi connectivity index (χ1v) is 12.0. The van der Waals surface area contributed by atoms with E-state index < -0.39 is 33.4 Å². The molecule has 0 radical (unpaired) electrons. The first-order valence-electron chi connectivity index (χ1n) is 11.2. The molecule has 1 aromatic heterocycles. The summed E-state index contributed by atoms with van der Waals surface area (Å²) >= 11 is 1.60. The molecule has 4 heterocycles. The van der Waals surface area contributed by atoms with E-state index in [0.717, 1.165) is 17.5 Å². The van der Waals surface area contributed by atoms with Crippen LogP contribution in [0.4, 0.5) is 0 Å². The topological polar surface area (TPSA) is 129 Å². The van der Waals surface area contributed by atoms with E-state index in [1.54, 1.807) is 30.4 Å². The van der Waals surface area contributed by atoms with Gasteiger partial charge in [0.05, 0.1) is 34.7 Å². The average molecular weight is 473 g/mol. The van der Waals surface area contributed by atoms with Gasteiger partial charge >= 0.3 is 0 Å². The lowest BCUT2D eigenvalue weighted by atomic mass is 9.66. The number of carbonyl (C=O) groups excluding carboxylic acids is 3. The maximum atomic E-state index is 13.7. The molecule has 176 valence electrons. The number of amides is 3. The fourth-order valence-corrected chi connectivity index (χ4v) is 8.41. The molecule has 11 heteroatoms. The van der Waals surface area contributed by atoms with Crippen molar-refractivity contribution in [2.45, 2.75) is 54.9 Å². The van der Waals surface area contributed by atoms with Crippen LogP contribution in [0, 0.1) is 11.8 Å². The van der Waals surface area contributed by atoms with Crippen molar-refractivity contribution in [3.05, 3.63) is 24.3 Å². The van der Waals surface area contributed by atoms with Crippen LogP contribution in [0.3, 0.4) is 0 Å². The highest BCUT2D eigenvalue weighted by atomic mass is 32.2. The largest absolute Gasteiger partial charge is 0.394 e. The molecule has 1 spiro atoms. The number of hydrogen-bond donors (Lipinski definition) is 3. The predicted molar refractivity (Wildman–Crippen MR) is 122 cm³/mol. The first kappa shape index (κ1) is 22.1. The maximum Gasteiger partial charge on any atom is 0.245 e. The van der Waals surface area contributed by atoms with Crippen LogP contribution in [-0.2, 0) is 21.1 Å². The Morgan fingerprint density at radius 1 is 1.30 bits per heavy atom. The number of benzene rings is 1. The summed E-state index contributed by atoms with van der Waals surface area (Å²) in [5.74, 6) is -1.82. The van der Waals surface area contributed by atoms with E-state index in [1.807, 2.05) is 31.2 Å². The van der Waals surface area contributed by atoms with Crippen LogP contribution >= 0.6 is 11.8 Å². The van der Waals surface area contributed by atoms with Gasteiger partial charge in [-0.05, 0) is 38.8 Å². The van der Waals surface area contributed by atoms with Crippen LogP contribution in [0.1, 0.15) is 26.7 Å². The molecule has 3 fully saturated rings. The van der Waals surface area contributed by atoms with Gasteiger partial charge < -0.3 is 20.6 Å². The number of hydrogen-bond acceptors (Lipinski definition) is 7. The number of rotatable bonds is 6. The number of likely N-dealkylation sites (tertiary alicyclic amines) is 1. The van der Waals surface area contributed by atoms with Crippen molar-refractivity contribution in [1.82, 2.24) is 30.5 Å². The van der Waals surface area contributed by atoms with Crippen LogP contribution in [0.15, 0.2) is 24.3 Å². The van der Waals surface area contributed by atoms with Gasteiger partial charge in [-0.2, -0.15) is 0 Å². The highest BCUT2D eigenvalue weighted by Crippen LogP contribution is 2.71. The van der Waals surface area contributed by atoms with Gasteiger partial charge in [0.15, 0.2) is 0 Å². The lowest BCUT2D eigenvalue weighted by Gasteiger charge is -2.35. The fourth-order valence-electron chi connectivity index (χ4n) is 6.07. The fraction of sp³-hybridized carbons (Fsp3) is 0.591. The van der Waals surface area contributed by atoms with E-state index in [9.17, 15) is 19.5 Å². The van der Waals surface area contributed by atoms with E-state index in [2.05, 4.69) is 20.9 Å². The molecule has 10 nitrogen and oxygen atoms in total. The molecule has 3 N–H and O–H groups in total. The van der Waals surface area contributed by atoms with Crippen molar-refractivity contribution in [3.8, 4) is 0 Å². The third-order valence-corrected chi connectivity index (χ3v) is 9.54. The van der Waals surface area contributed by atoms with E-state index in [-0.39, 0.29) is 31.0 Å². The minimum Gasteiger partial charge on any atom is -0.394 e. The monoisotopic (exact) mass is 472 g/mol. The Hall–Kier alpha value is -2.66. The molecule has 0 aliphatic carbocycles. The summed E-state index contributed by atoms with van der Waals surface area (Å²) in [6.07, 6.45) is 1.41. The Balaban J connectivity index is 1.48. The zero-order valence-corrected chi connectivity index (χ0v) is 19.6. The van der Waals surface area contributed by atoms with Crippen LogP contribution in [0.2, 0.25) is 0 Å². The summed E-state index contributed by atoms with van der Waals surface area (Å²) in [4.78, 5) is 41.7. The minimum absolute atomic E-state index is 0.104.